The highest BCUT2D eigenvalue weighted by Crippen LogP contribution is 2.36. The van der Waals surface area contributed by atoms with Crippen molar-refractivity contribution in [2.24, 2.45) is 5.73 Å². The van der Waals surface area contributed by atoms with Gasteiger partial charge in [-0.2, -0.15) is 0 Å². The predicted molar refractivity (Wildman–Crippen MR) is 139 cm³/mol. The lowest BCUT2D eigenvalue weighted by Gasteiger charge is -2.16. The third-order valence-corrected chi connectivity index (χ3v) is 8.39. The highest BCUT2D eigenvalue weighted by Gasteiger charge is 2.25. The standard InChI is InChI=1S/C25H30N4O3S2/c1-3-4-5-6-14-29-24(32)20-18-8-7-9-19(18)34-23(20)28-25(29)33-15(2)22(31)27-17-12-10-16(11-13-17)21(26)30/h10-13,15H,3-9,14H2,1-2H3,(H2,26,30)(H,27,31). The summed E-state index contributed by atoms with van der Waals surface area (Å²) in [7, 11) is 0. The maximum atomic E-state index is 13.5. The number of carbonyl (C=O) groups is 2. The van der Waals surface area contributed by atoms with Crippen molar-refractivity contribution < 1.29 is 9.59 Å². The van der Waals surface area contributed by atoms with Crippen LogP contribution in [0.4, 0.5) is 5.69 Å². The molecule has 9 heteroatoms. The number of hydrogen-bond acceptors (Lipinski definition) is 6. The maximum absolute atomic E-state index is 13.5. The molecule has 0 saturated heterocycles. The topological polar surface area (TPSA) is 107 Å². The second kappa shape index (κ2) is 10.7. The van der Waals surface area contributed by atoms with Crippen molar-refractivity contribution in [3.05, 3.63) is 50.6 Å². The van der Waals surface area contributed by atoms with E-state index in [0.717, 1.165) is 55.2 Å². The Bertz CT molecular complexity index is 1260. The number of fused-ring (bicyclic) bond motifs is 3. The van der Waals surface area contributed by atoms with Gasteiger partial charge in [-0.05, 0) is 62.4 Å². The molecule has 7 nitrogen and oxygen atoms in total. The second-order valence-electron chi connectivity index (χ2n) is 8.64. The van der Waals surface area contributed by atoms with Crippen LogP contribution in [0, 0.1) is 0 Å². The number of unbranched alkanes of at least 4 members (excludes halogenated alkanes) is 3. The molecule has 4 rings (SSSR count). The summed E-state index contributed by atoms with van der Waals surface area (Å²) < 4.78 is 1.78. The molecule has 34 heavy (non-hydrogen) atoms. The molecule has 2 amide bonds. The van der Waals surface area contributed by atoms with Crippen molar-refractivity contribution in [3.63, 3.8) is 0 Å². The zero-order valence-electron chi connectivity index (χ0n) is 19.6. The van der Waals surface area contributed by atoms with E-state index in [4.69, 9.17) is 10.7 Å². The number of nitrogens with two attached hydrogens (primary N) is 1. The van der Waals surface area contributed by atoms with Gasteiger partial charge in [0.15, 0.2) is 5.16 Å². The van der Waals surface area contributed by atoms with Crippen LogP contribution < -0.4 is 16.6 Å². The van der Waals surface area contributed by atoms with Gasteiger partial charge in [0, 0.05) is 22.7 Å². The predicted octanol–water partition coefficient (Wildman–Crippen LogP) is 4.75. The van der Waals surface area contributed by atoms with Gasteiger partial charge in [0.25, 0.3) is 5.56 Å². The highest BCUT2D eigenvalue weighted by molar-refractivity contribution is 8.00. The molecule has 0 spiro atoms. The first-order chi connectivity index (χ1) is 16.4. The van der Waals surface area contributed by atoms with Crippen LogP contribution >= 0.6 is 23.1 Å². The van der Waals surface area contributed by atoms with Crippen molar-refractivity contribution in [3.8, 4) is 0 Å². The van der Waals surface area contributed by atoms with Crippen LogP contribution in [-0.4, -0.2) is 26.6 Å². The lowest BCUT2D eigenvalue weighted by molar-refractivity contribution is -0.115. The summed E-state index contributed by atoms with van der Waals surface area (Å²) in [6.07, 6.45) is 7.29. The number of primary amides is 1. The highest BCUT2D eigenvalue weighted by atomic mass is 32.2. The normalized spacial score (nSPS) is 13.7. The molecular weight excluding hydrogens is 468 g/mol. The molecule has 3 aromatic rings. The second-order valence-corrected chi connectivity index (χ2v) is 11.0. The molecule has 1 unspecified atom stereocenters. The molecule has 2 aromatic heterocycles. The van der Waals surface area contributed by atoms with Gasteiger partial charge >= 0.3 is 0 Å². The van der Waals surface area contributed by atoms with E-state index in [0.29, 0.717) is 23.0 Å². The monoisotopic (exact) mass is 498 g/mol. The number of anilines is 1. The number of aromatic nitrogens is 2. The molecule has 0 aliphatic heterocycles. The molecule has 2 heterocycles. The summed E-state index contributed by atoms with van der Waals surface area (Å²) in [5, 5.41) is 3.78. The summed E-state index contributed by atoms with van der Waals surface area (Å²) >= 11 is 2.93. The Labute approximate surface area is 207 Å². The first-order valence-electron chi connectivity index (χ1n) is 11.8. The molecule has 0 fully saturated rings. The SMILES string of the molecule is CCCCCCn1c(SC(C)C(=O)Nc2ccc(C(N)=O)cc2)nc2sc3c(c2c1=O)CCC3. The third-order valence-electron chi connectivity index (χ3n) is 6.11. The van der Waals surface area contributed by atoms with Crippen LogP contribution in [0.1, 0.15) is 66.8 Å². The lowest BCUT2D eigenvalue weighted by atomic mass is 10.2. The fraction of sp³-hybridized carbons (Fsp3) is 0.440. The van der Waals surface area contributed by atoms with E-state index in [2.05, 4.69) is 12.2 Å². The first-order valence-corrected chi connectivity index (χ1v) is 13.5. The molecule has 1 aromatic carbocycles. The average Bonchev–Trinajstić information content (AvgIpc) is 3.39. The van der Waals surface area contributed by atoms with Gasteiger partial charge in [-0.15, -0.1) is 11.3 Å². The molecule has 180 valence electrons. The summed E-state index contributed by atoms with van der Waals surface area (Å²) in [4.78, 5) is 44.6. The van der Waals surface area contributed by atoms with E-state index in [1.807, 2.05) is 6.92 Å². The van der Waals surface area contributed by atoms with Crippen LogP contribution in [0.3, 0.4) is 0 Å². The molecule has 0 saturated carbocycles. The Morgan fingerprint density at radius 2 is 1.97 bits per heavy atom. The third kappa shape index (κ3) is 5.20. The maximum Gasteiger partial charge on any atom is 0.263 e. The lowest BCUT2D eigenvalue weighted by Crippen LogP contribution is -2.27. The van der Waals surface area contributed by atoms with Crippen LogP contribution in [0.25, 0.3) is 10.2 Å². The number of aryl methyl sites for hydroxylation is 2. The van der Waals surface area contributed by atoms with Gasteiger partial charge in [-0.3, -0.25) is 19.0 Å². The van der Waals surface area contributed by atoms with Crippen LogP contribution in [0.2, 0.25) is 0 Å². The van der Waals surface area contributed by atoms with Gasteiger partial charge in [-0.1, -0.05) is 37.9 Å². The van der Waals surface area contributed by atoms with Crippen molar-refractivity contribution in [2.45, 2.75) is 75.7 Å². The Hall–Kier alpha value is -2.65. The summed E-state index contributed by atoms with van der Waals surface area (Å²) in [5.74, 6) is -0.711. The Morgan fingerprint density at radius 3 is 2.68 bits per heavy atom. The zero-order chi connectivity index (χ0) is 24.2. The molecule has 0 bridgehead atoms. The molecule has 1 aliphatic rings. The van der Waals surface area contributed by atoms with Crippen LogP contribution in [0.15, 0.2) is 34.2 Å². The van der Waals surface area contributed by atoms with E-state index in [1.54, 1.807) is 40.2 Å². The number of amides is 2. The first kappa shape index (κ1) is 24.5. The number of nitrogens with one attached hydrogen (secondary N) is 1. The van der Waals surface area contributed by atoms with Gasteiger partial charge in [0.2, 0.25) is 11.8 Å². The van der Waals surface area contributed by atoms with Crippen molar-refractivity contribution in [1.82, 2.24) is 9.55 Å². The van der Waals surface area contributed by atoms with Crippen molar-refractivity contribution >= 4 is 50.8 Å². The number of benzene rings is 1. The van der Waals surface area contributed by atoms with E-state index in [-0.39, 0.29) is 11.5 Å². The molecule has 1 atom stereocenters. The zero-order valence-corrected chi connectivity index (χ0v) is 21.2. The Balaban J connectivity index is 1.57. The van der Waals surface area contributed by atoms with E-state index < -0.39 is 11.2 Å². The molecule has 3 N–H and O–H groups in total. The van der Waals surface area contributed by atoms with Gasteiger partial charge < -0.3 is 11.1 Å². The average molecular weight is 499 g/mol. The van der Waals surface area contributed by atoms with E-state index >= 15 is 0 Å². The minimum Gasteiger partial charge on any atom is -0.366 e. The van der Waals surface area contributed by atoms with Crippen molar-refractivity contribution in [2.75, 3.05) is 5.32 Å². The smallest absolute Gasteiger partial charge is 0.263 e. The van der Waals surface area contributed by atoms with E-state index in [1.165, 1.54) is 22.2 Å². The Kier molecular flexibility index (Phi) is 7.73. The van der Waals surface area contributed by atoms with Gasteiger partial charge in [-0.25, -0.2) is 4.98 Å². The fourth-order valence-corrected chi connectivity index (χ4v) is 6.45. The minimum atomic E-state index is -0.514. The van der Waals surface area contributed by atoms with Crippen LogP contribution in [0.5, 0.6) is 0 Å². The quantitative estimate of drug-likeness (QED) is 0.238. The summed E-state index contributed by atoms with van der Waals surface area (Å²) in [5.41, 5.74) is 7.45. The number of hydrogen-bond donors (Lipinski definition) is 2. The van der Waals surface area contributed by atoms with Crippen LogP contribution in [-0.2, 0) is 24.2 Å². The van der Waals surface area contributed by atoms with E-state index in [9.17, 15) is 14.4 Å². The molecule has 0 radical (unpaired) electrons. The molecule has 1 aliphatic carbocycles. The summed E-state index contributed by atoms with van der Waals surface area (Å²) in [6, 6.07) is 6.46. The number of thiophene rings is 1. The number of carbonyl (C=O) groups excluding carboxylic acids is 2. The van der Waals surface area contributed by atoms with Crippen molar-refractivity contribution in [1.29, 1.82) is 0 Å². The minimum absolute atomic E-state index is 0.0260. The van der Waals surface area contributed by atoms with Gasteiger partial charge in [0.05, 0.1) is 10.6 Å². The largest absolute Gasteiger partial charge is 0.366 e. The fourth-order valence-electron chi connectivity index (χ4n) is 4.22. The van der Waals surface area contributed by atoms with Gasteiger partial charge in [0.1, 0.15) is 4.83 Å². The number of rotatable bonds is 10. The number of thioether (sulfide) groups is 1. The number of nitrogens with zero attached hydrogens (tertiary/aromatic N) is 2. The summed E-state index contributed by atoms with van der Waals surface area (Å²) in [6.45, 7) is 4.58. The molecular formula is C25H30N4O3S2. The Morgan fingerprint density at radius 1 is 1.21 bits per heavy atom.